The molecule has 74 valence electrons. The summed E-state index contributed by atoms with van der Waals surface area (Å²) in [5, 5.41) is 10.2. The summed E-state index contributed by atoms with van der Waals surface area (Å²) in [6, 6.07) is 3.58. The highest BCUT2D eigenvalue weighted by Crippen LogP contribution is 2.12. The van der Waals surface area contributed by atoms with Crippen molar-refractivity contribution in [3.05, 3.63) is 41.1 Å². The van der Waals surface area contributed by atoms with Gasteiger partial charge in [0.05, 0.1) is 12.7 Å². The molecule has 0 spiro atoms. The summed E-state index contributed by atoms with van der Waals surface area (Å²) in [4.78, 5) is 0. The summed E-state index contributed by atoms with van der Waals surface area (Å²) < 4.78 is 5.18. The van der Waals surface area contributed by atoms with E-state index in [1.165, 1.54) is 0 Å². The lowest BCUT2D eigenvalue weighted by Crippen LogP contribution is -2.11. The summed E-state index contributed by atoms with van der Waals surface area (Å²) in [7, 11) is 0. The smallest absolute Gasteiger partial charge is 0.193 e. The van der Waals surface area contributed by atoms with Crippen molar-refractivity contribution in [1.82, 2.24) is 15.5 Å². The van der Waals surface area contributed by atoms with Gasteiger partial charge < -0.3 is 9.73 Å². The number of nitrogens with zero attached hydrogens (tertiary/aromatic N) is 1. The van der Waals surface area contributed by atoms with Crippen LogP contribution in [0.5, 0.6) is 0 Å². The lowest BCUT2D eigenvalue weighted by molar-refractivity contribution is 0.484. The molecule has 0 radical (unpaired) electrons. The second kappa shape index (κ2) is 4.30. The highest BCUT2D eigenvalue weighted by molar-refractivity contribution is 6.28. The third kappa shape index (κ3) is 2.37. The van der Waals surface area contributed by atoms with Crippen molar-refractivity contribution in [3.63, 3.8) is 0 Å². The fraction of sp³-hybridized carbons (Fsp3) is 0.222. The van der Waals surface area contributed by atoms with Crippen molar-refractivity contribution in [2.75, 3.05) is 0 Å². The van der Waals surface area contributed by atoms with Crippen LogP contribution < -0.4 is 5.32 Å². The molecule has 0 unspecified atom stereocenters. The summed E-state index contributed by atoms with van der Waals surface area (Å²) in [6.45, 7) is 1.42. The molecule has 0 aromatic carbocycles. The Kier molecular flexibility index (Phi) is 2.86. The third-order valence-electron chi connectivity index (χ3n) is 1.81. The number of furan rings is 1. The average molecular weight is 212 g/mol. The zero-order chi connectivity index (χ0) is 9.80. The molecule has 5 heteroatoms. The van der Waals surface area contributed by atoms with E-state index in [9.17, 15) is 0 Å². The van der Waals surface area contributed by atoms with Gasteiger partial charge in [-0.2, -0.15) is 5.10 Å². The van der Waals surface area contributed by atoms with Crippen molar-refractivity contribution in [2.45, 2.75) is 13.1 Å². The van der Waals surface area contributed by atoms with Crippen LogP contribution in [0.25, 0.3) is 0 Å². The van der Waals surface area contributed by atoms with Crippen molar-refractivity contribution in [2.24, 2.45) is 0 Å². The Labute approximate surface area is 86.3 Å². The molecular weight excluding hydrogens is 202 g/mol. The number of halogens is 1. The van der Waals surface area contributed by atoms with E-state index in [0.717, 1.165) is 17.9 Å². The Balaban J connectivity index is 1.78. The van der Waals surface area contributed by atoms with E-state index in [4.69, 9.17) is 16.0 Å². The molecule has 0 saturated carbocycles. The van der Waals surface area contributed by atoms with Gasteiger partial charge in [-0.1, -0.05) is 0 Å². The van der Waals surface area contributed by atoms with Crippen LogP contribution in [0.1, 0.15) is 11.3 Å². The molecule has 2 aromatic heterocycles. The fourth-order valence-corrected chi connectivity index (χ4v) is 1.31. The van der Waals surface area contributed by atoms with Gasteiger partial charge in [-0.15, -0.1) is 0 Å². The van der Waals surface area contributed by atoms with Crippen LogP contribution in [-0.2, 0) is 13.1 Å². The second-order valence-corrected chi connectivity index (χ2v) is 3.29. The molecule has 0 bridgehead atoms. The first-order chi connectivity index (χ1) is 6.84. The van der Waals surface area contributed by atoms with Gasteiger partial charge in [0.25, 0.3) is 0 Å². The van der Waals surface area contributed by atoms with E-state index in [-0.39, 0.29) is 0 Å². The maximum Gasteiger partial charge on any atom is 0.193 e. The Morgan fingerprint density at radius 3 is 3.00 bits per heavy atom. The minimum atomic E-state index is 0.421. The standard InChI is InChI=1S/C9H10ClN3O/c10-9-2-1-8(14-9)6-11-3-7-4-12-13-5-7/h1-2,4-5,11H,3,6H2,(H,12,13). The number of hydrogen-bond acceptors (Lipinski definition) is 3. The summed E-state index contributed by atoms with van der Waals surface area (Å²) in [6.07, 6.45) is 3.63. The lowest BCUT2D eigenvalue weighted by Gasteiger charge is -1.98. The summed E-state index contributed by atoms with van der Waals surface area (Å²) in [5.41, 5.74) is 1.11. The molecular formula is C9H10ClN3O. The Hall–Kier alpha value is -1.26. The first-order valence-electron chi connectivity index (χ1n) is 4.27. The molecule has 0 saturated heterocycles. The molecule has 0 aliphatic rings. The number of hydrogen-bond donors (Lipinski definition) is 2. The number of aromatic amines is 1. The predicted molar refractivity (Wildman–Crippen MR) is 52.8 cm³/mol. The third-order valence-corrected chi connectivity index (χ3v) is 2.02. The number of rotatable bonds is 4. The van der Waals surface area contributed by atoms with E-state index in [1.807, 2.05) is 12.3 Å². The highest BCUT2D eigenvalue weighted by atomic mass is 35.5. The normalized spacial score (nSPS) is 10.6. The number of aromatic nitrogens is 2. The van der Waals surface area contributed by atoms with Gasteiger partial charge in [0.15, 0.2) is 5.22 Å². The van der Waals surface area contributed by atoms with Crippen LogP contribution in [0.2, 0.25) is 5.22 Å². The van der Waals surface area contributed by atoms with Gasteiger partial charge >= 0.3 is 0 Å². The van der Waals surface area contributed by atoms with Crippen LogP contribution in [0.4, 0.5) is 0 Å². The van der Waals surface area contributed by atoms with E-state index < -0.39 is 0 Å². The summed E-state index contributed by atoms with van der Waals surface area (Å²) in [5.74, 6) is 0.832. The first-order valence-corrected chi connectivity index (χ1v) is 4.65. The molecule has 0 aliphatic carbocycles. The van der Waals surface area contributed by atoms with Crippen LogP contribution >= 0.6 is 11.6 Å². The lowest BCUT2D eigenvalue weighted by atomic mass is 10.3. The van der Waals surface area contributed by atoms with Gasteiger partial charge in [0.1, 0.15) is 5.76 Å². The maximum absolute atomic E-state index is 5.63. The monoisotopic (exact) mass is 211 g/mol. The zero-order valence-electron chi connectivity index (χ0n) is 7.46. The van der Waals surface area contributed by atoms with E-state index in [0.29, 0.717) is 11.8 Å². The second-order valence-electron chi connectivity index (χ2n) is 2.92. The minimum absolute atomic E-state index is 0.421. The molecule has 0 amide bonds. The van der Waals surface area contributed by atoms with Gasteiger partial charge in [0, 0.05) is 18.3 Å². The molecule has 4 nitrogen and oxygen atoms in total. The molecule has 0 atom stereocenters. The van der Waals surface area contributed by atoms with Gasteiger partial charge in [-0.3, -0.25) is 5.10 Å². The SMILES string of the molecule is Clc1ccc(CNCc2cn[nH]c2)o1. The molecule has 2 heterocycles. The van der Waals surface area contributed by atoms with Crippen LogP contribution in [0.3, 0.4) is 0 Å². The Bertz CT molecular complexity index is 382. The van der Waals surface area contributed by atoms with Crippen molar-refractivity contribution >= 4 is 11.6 Å². The average Bonchev–Trinajstić information content (AvgIpc) is 2.77. The molecule has 0 fully saturated rings. The van der Waals surface area contributed by atoms with Crippen LogP contribution in [0.15, 0.2) is 28.9 Å². The maximum atomic E-state index is 5.63. The fourth-order valence-electron chi connectivity index (χ4n) is 1.15. The zero-order valence-corrected chi connectivity index (χ0v) is 8.21. The molecule has 2 aromatic rings. The van der Waals surface area contributed by atoms with E-state index in [1.54, 1.807) is 12.3 Å². The van der Waals surface area contributed by atoms with Crippen molar-refractivity contribution < 1.29 is 4.42 Å². The molecule has 0 aliphatic heterocycles. The van der Waals surface area contributed by atoms with Gasteiger partial charge in [-0.05, 0) is 23.7 Å². The van der Waals surface area contributed by atoms with Crippen molar-refractivity contribution in [3.8, 4) is 0 Å². The highest BCUT2D eigenvalue weighted by Gasteiger charge is 1.99. The van der Waals surface area contributed by atoms with Gasteiger partial charge in [-0.25, -0.2) is 0 Å². The number of nitrogens with one attached hydrogen (secondary N) is 2. The molecule has 14 heavy (non-hydrogen) atoms. The van der Waals surface area contributed by atoms with Gasteiger partial charge in [0.2, 0.25) is 0 Å². The van der Waals surface area contributed by atoms with Crippen LogP contribution in [0, 0.1) is 0 Å². The first kappa shape index (κ1) is 9.30. The number of H-pyrrole nitrogens is 1. The Morgan fingerprint density at radius 1 is 1.43 bits per heavy atom. The topological polar surface area (TPSA) is 53.9 Å². The quantitative estimate of drug-likeness (QED) is 0.813. The minimum Gasteiger partial charge on any atom is -0.448 e. The Morgan fingerprint density at radius 2 is 2.36 bits per heavy atom. The van der Waals surface area contributed by atoms with Crippen molar-refractivity contribution in [1.29, 1.82) is 0 Å². The summed E-state index contributed by atoms with van der Waals surface area (Å²) >= 11 is 5.63. The molecule has 2 N–H and O–H groups in total. The molecule has 2 rings (SSSR count). The predicted octanol–water partition coefficient (Wildman–Crippen LogP) is 1.95. The largest absolute Gasteiger partial charge is 0.448 e. The van der Waals surface area contributed by atoms with E-state index in [2.05, 4.69) is 15.5 Å². The van der Waals surface area contributed by atoms with E-state index >= 15 is 0 Å². The van der Waals surface area contributed by atoms with Crippen LogP contribution in [-0.4, -0.2) is 10.2 Å².